The van der Waals surface area contributed by atoms with Crippen molar-refractivity contribution in [3.05, 3.63) is 18.2 Å². The summed E-state index contributed by atoms with van der Waals surface area (Å²) in [4.78, 5) is 15.5. The molecule has 0 radical (unpaired) electrons. The van der Waals surface area contributed by atoms with Gasteiger partial charge in [-0.15, -0.1) is 11.8 Å². The minimum absolute atomic E-state index is 0.236. The van der Waals surface area contributed by atoms with Crippen LogP contribution in [0.2, 0.25) is 0 Å². The van der Waals surface area contributed by atoms with Crippen LogP contribution in [0.25, 0.3) is 0 Å². The zero-order valence-electron chi connectivity index (χ0n) is 14.2. The lowest BCUT2D eigenvalue weighted by Gasteiger charge is -2.21. The molecule has 2 N–H and O–H groups in total. The third kappa shape index (κ3) is 4.16. The normalized spacial score (nSPS) is 23.2. The average Bonchev–Trinajstić information content (AvgIpc) is 2.81. The molecule has 0 bridgehead atoms. The molecule has 1 aromatic carbocycles. The van der Waals surface area contributed by atoms with E-state index in [1.165, 1.54) is 0 Å². The van der Waals surface area contributed by atoms with Crippen LogP contribution in [0.3, 0.4) is 0 Å². The fourth-order valence-corrected chi connectivity index (χ4v) is 4.16. The SMILES string of the molecule is CC1CC(CN)CN1C(=O)CCSc1ccc2c(c1)OCCCO2. The lowest BCUT2D eigenvalue weighted by molar-refractivity contribution is -0.131. The molecular weight excluding hydrogens is 324 g/mol. The highest BCUT2D eigenvalue weighted by atomic mass is 32.2. The Morgan fingerprint density at radius 3 is 2.88 bits per heavy atom. The monoisotopic (exact) mass is 350 g/mol. The Hall–Kier alpha value is -1.40. The highest BCUT2D eigenvalue weighted by molar-refractivity contribution is 7.99. The van der Waals surface area contributed by atoms with Crippen molar-refractivity contribution in [3.63, 3.8) is 0 Å². The average molecular weight is 350 g/mol. The molecule has 1 saturated heterocycles. The van der Waals surface area contributed by atoms with E-state index in [1.807, 2.05) is 23.1 Å². The first kappa shape index (κ1) is 17.4. The Labute approximate surface area is 147 Å². The maximum Gasteiger partial charge on any atom is 0.223 e. The van der Waals surface area contributed by atoms with Crippen LogP contribution in [0.5, 0.6) is 11.5 Å². The summed E-state index contributed by atoms with van der Waals surface area (Å²) in [6.07, 6.45) is 2.49. The molecule has 132 valence electrons. The lowest BCUT2D eigenvalue weighted by atomic mass is 10.1. The third-order valence-electron chi connectivity index (χ3n) is 4.62. The van der Waals surface area contributed by atoms with E-state index in [4.69, 9.17) is 15.2 Å². The Morgan fingerprint density at radius 2 is 2.12 bits per heavy atom. The molecule has 1 aromatic rings. The van der Waals surface area contributed by atoms with E-state index in [2.05, 4.69) is 6.92 Å². The predicted octanol–water partition coefficient (Wildman–Crippen LogP) is 2.53. The number of fused-ring (bicyclic) bond motifs is 1. The second-order valence-electron chi connectivity index (χ2n) is 6.49. The van der Waals surface area contributed by atoms with Crippen LogP contribution < -0.4 is 15.2 Å². The highest BCUT2D eigenvalue weighted by Gasteiger charge is 2.31. The largest absolute Gasteiger partial charge is 0.490 e. The summed E-state index contributed by atoms with van der Waals surface area (Å²) < 4.78 is 11.4. The summed E-state index contributed by atoms with van der Waals surface area (Å²) in [7, 11) is 0. The molecule has 0 spiro atoms. The summed E-state index contributed by atoms with van der Waals surface area (Å²) in [5.41, 5.74) is 5.74. The second-order valence-corrected chi connectivity index (χ2v) is 7.66. The number of amides is 1. The molecule has 2 aliphatic rings. The maximum atomic E-state index is 12.4. The third-order valence-corrected chi connectivity index (χ3v) is 5.61. The van der Waals surface area contributed by atoms with Gasteiger partial charge in [0, 0.05) is 36.1 Å². The molecule has 24 heavy (non-hydrogen) atoms. The topological polar surface area (TPSA) is 64.8 Å². The van der Waals surface area contributed by atoms with Gasteiger partial charge in [-0.25, -0.2) is 0 Å². The van der Waals surface area contributed by atoms with Crippen LogP contribution >= 0.6 is 11.8 Å². The first-order valence-corrected chi connectivity index (χ1v) is 9.68. The predicted molar refractivity (Wildman–Crippen MR) is 95.7 cm³/mol. The zero-order chi connectivity index (χ0) is 16.9. The van der Waals surface area contributed by atoms with Crippen molar-refractivity contribution >= 4 is 17.7 Å². The standard InChI is InChI=1S/C18H26N2O3S/c1-13-9-14(11-19)12-20(13)18(21)5-8-24-15-3-4-16-17(10-15)23-7-2-6-22-16/h3-4,10,13-14H,2,5-9,11-12,19H2,1H3. The van der Waals surface area contributed by atoms with E-state index in [1.54, 1.807) is 11.8 Å². The fourth-order valence-electron chi connectivity index (χ4n) is 3.29. The molecule has 1 fully saturated rings. The van der Waals surface area contributed by atoms with Gasteiger partial charge >= 0.3 is 0 Å². The van der Waals surface area contributed by atoms with Gasteiger partial charge in [0.2, 0.25) is 5.91 Å². The molecule has 6 heteroatoms. The van der Waals surface area contributed by atoms with Gasteiger partial charge in [-0.05, 0) is 44.0 Å². The number of thioether (sulfide) groups is 1. The van der Waals surface area contributed by atoms with Gasteiger partial charge in [0.1, 0.15) is 0 Å². The summed E-state index contributed by atoms with van der Waals surface area (Å²) in [6, 6.07) is 6.32. The number of benzene rings is 1. The van der Waals surface area contributed by atoms with Gasteiger partial charge in [-0.1, -0.05) is 0 Å². The zero-order valence-corrected chi connectivity index (χ0v) is 15.0. The fraction of sp³-hybridized carbons (Fsp3) is 0.611. The van der Waals surface area contributed by atoms with Crippen molar-refractivity contribution in [2.75, 3.05) is 32.1 Å². The number of carbonyl (C=O) groups excluding carboxylic acids is 1. The Balaban J connectivity index is 1.49. The minimum Gasteiger partial charge on any atom is -0.490 e. The summed E-state index contributed by atoms with van der Waals surface area (Å²) in [5, 5.41) is 0. The van der Waals surface area contributed by atoms with Crippen molar-refractivity contribution in [2.24, 2.45) is 11.7 Å². The quantitative estimate of drug-likeness (QED) is 0.827. The first-order valence-electron chi connectivity index (χ1n) is 8.69. The minimum atomic E-state index is 0.236. The number of nitrogens with two attached hydrogens (primary N) is 1. The summed E-state index contributed by atoms with van der Waals surface area (Å²) >= 11 is 1.69. The van der Waals surface area contributed by atoms with Crippen LogP contribution in [0, 0.1) is 5.92 Å². The second kappa shape index (κ2) is 8.12. The maximum absolute atomic E-state index is 12.4. The van der Waals surface area contributed by atoms with Crippen LogP contribution in [0.1, 0.15) is 26.2 Å². The van der Waals surface area contributed by atoms with Crippen molar-refractivity contribution in [1.82, 2.24) is 4.90 Å². The van der Waals surface area contributed by atoms with Crippen molar-refractivity contribution in [3.8, 4) is 11.5 Å². The molecule has 2 unspecified atom stereocenters. The van der Waals surface area contributed by atoms with E-state index in [-0.39, 0.29) is 5.91 Å². The van der Waals surface area contributed by atoms with Crippen LogP contribution in [0.4, 0.5) is 0 Å². The first-order chi connectivity index (χ1) is 11.7. The lowest BCUT2D eigenvalue weighted by Crippen LogP contribution is -2.34. The molecule has 0 aromatic heterocycles. The van der Waals surface area contributed by atoms with E-state index < -0.39 is 0 Å². The van der Waals surface area contributed by atoms with Crippen molar-refractivity contribution in [1.29, 1.82) is 0 Å². The smallest absolute Gasteiger partial charge is 0.223 e. The van der Waals surface area contributed by atoms with E-state index in [0.29, 0.717) is 38.1 Å². The Bertz CT molecular complexity index is 581. The van der Waals surface area contributed by atoms with Gasteiger partial charge < -0.3 is 20.1 Å². The van der Waals surface area contributed by atoms with E-state index in [0.717, 1.165) is 41.5 Å². The number of hydrogen-bond donors (Lipinski definition) is 1. The molecule has 5 nitrogen and oxygen atoms in total. The summed E-state index contributed by atoms with van der Waals surface area (Å²) in [5.74, 6) is 3.09. The molecule has 2 aliphatic heterocycles. The molecule has 0 saturated carbocycles. The van der Waals surface area contributed by atoms with E-state index in [9.17, 15) is 4.79 Å². The molecule has 3 rings (SSSR count). The number of likely N-dealkylation sites (tertiary alicyclic amines) is 1. The van der Waals surface area contributed by atoms with Gasteiger partial charge in [0.05, 0.1) is 13.2 Å². The molecule has 0 aliphatic carbocycles. The number of carbonyl (C=O) groups is 1. The Kier molecular flexibility index (Phi) is 5.89. The van der Waals surface area contributed by atoms with E-state index >= 15 is 0 Å². The molecule has 2 atom stereocenters. The van der Waals surface area contributed by atoms with Crippen LogP contribution in [-0.2, 0) is 4.79 Å². The highest BCUT2D eigenvalue weighted by Crippen LogP contribution is 2.34. The van der Waals surface area contributed by atoms with Crippen molar-refractivity contribution < 1.29 is 14.3 Å². The van der Waals surface area contributed by atoms with Gasteiger partial charge in [0.15, 0.2) is 11.5 Å². The van der Waals surface area contributed by atoms with Crippen molar-refractivity contribution in [2.45, 2.75) is 37.1 Å². The van der Waals surface area contributed by atoms with Gasteiger partial charge in [-0.3, -0.25) is 4.79 Å². The molecule has 2 heterocycles. The molecule has 1 amide bonds. The number of hydrogen-bond acceptors (Lipinski definition) is 5. The molecular formula is C18H26N2O3S. The summed E-state index contributed by atoms with van der Waals surface area (Å²) in [6.45, 7) is 4.98. The number of ether oxygens (including phenoxy) is 2. The van der Waals surface area contributed by atoms with Crippen LogP contribution in [0.15, 0.2) is 23.1 Å². The Morgan fingerprint density at radius 1 is 1.33 bits per heavy atom. The number of nitrogens with zero attached hydrogens (tertiary/aromatic N) is 1. The van der Waals surface area contributed by atoms with Gasteiger partial charge in [-0.2, -0.15) is 0 Å². The van der Waals surface area contributed by atoms with Crippen LogP contribution in [-0.4, -0.2) is 48.9 Å². The van der Waals surface area contributed by atoms with Gasteiger partial charge in [0.25, 0.3) is 0 Å². The number of rotatable bonds is 5.